The van der Waals surface area contributed by atoms with Gasteiger partial charge in [0.25, 0.3) is 0 Å². The molecule has 0 amide bonds. The average molecular weight is 140 g/mol. The zero-order valence-corrected chi connectivity index (χ0v) is 3.27. The van der Waals surface area contributed by atoms with Crippen LogP contribution in [-0.2, 0) is 14.8 Å². The van der Waals surface area contributed by atoms with Gasteiger partial charge < -0.3 is 0 Å². The molecular formula is H2FNaO4S. The molecule has 0 aliphatic heterocycles. The van der Waals surface area contributed by atoms with Gasteiger partial charge in [-0.2, -0.15) is 8.42 Å². The minimum absolute atomic E-state index is 0. The van der Waals surface area contributed by atoms with Crippen LogP contribution in [0.1, 0.15) is 0 Å². The van der Waals surface area contributed by atoms with Crippen molar-refractivity contribution in [2.45, 2.75) is 0 Å². The van der Waals surface area contributed by atoms with Crippen molar-refractivity contribution in [1.29, 1.82) is 0 Å². The molecule has 0 bridgehead atoms. The van der Waals surface area contributed by atoms with Crippen LogP contribution in [0, 0.1) is 0 Å². The van der Waals surface area contributed by atoms with Gasteiger partial charge >= 0.3 is 40.0 Å². The number of hydrogen-bond donors (Lipinski definition) is 1. The maximum absolute atomic E-state index is 10.2. The molecule has 0 aliphatic carbocycles. The monoisotopic (exact) mass is 140 g/mol. The van der Waals surface area contributed by atoms with Crippen LogP contribution in [0.4, 0.5) is 4.53 Å². The third-order valence-electron chi connectivity index (χ3n) is 0.0796. The molecular weight excluding hydrogens is 138 g/mol. The zero-order valence-electron chi connectivity index (χ0n) is 2.46. The van der Waals surface area contributed by atoms with Crippen molar-refractivity contribution in [2.75, 3.05) is 0 Å². The minimum atomic E-state index is -4.83. The van der Waals surface area contributed by atoms with Gasteiger partial charge in [0.2, 0.25) is 0 Å². The summed E-state index contributed by atoms with van der Waals surface area (Å²) in [5.41, 5.74) is 0. The Morgan fingerprint density at radius 3 is 1.71 bits per heavy atom. The predicted octanol–water partition coefficient (Wildman–Crippen LogP) is -0.958. The van der Waals surface area contributed by atoms with Gasteiger partial charge in [-0.3, -0.25) is 4.55 Å². The molecule has 0 saturated carbocycles. The first-order valence-corrected chi connectivity index (χ1v) is 2.20. The Hall–Kier alpha value is 0.800. The predicted molar refractivity (Wildman–Crippen MR) is 20.9 cm³/mol. The topological polar surface area (TPSA) is 63.6 Å². The van der Waals surface area contributed by atoms with Crippen molar-refractivity contribution in [2.24, 2.45) is 0 Å². The van der Waals surface area contributed by atoms with Crippen LogP contribution in [0.3, 0.4) is 0 Å². The van der Waals surface area contributed by atoms with E-state index >= 15 is 0 Å². The Kier molecular flexibility index (Phi) is 5.76. The average Bonchev–Trinajstić information content (AvgIpc) is 1.35. The van der Waals surface area contributed by atoms with Gasteiger partial charge in [0.1, 0.15) is 0 Å². The van der Waals surface area contributed by atoms with Crippen LogP contribution < -0.4 is 0 Å². The van der Waals surface area contributed by atoms with Gasteiger partial charge in [-0.15, -0.1) is 0 Å². The van der Waals surface area contributed by atoms with Crippen LogP contribution in [-0.4, -0.2) is 42.5 Å². The standard InChI is InChI=1S/FHO4S.Na.H/c1-5-6(2,3)4;;/h(H,2,3,4);;. The van der Waals surface area contributed by atoms with Crippen molar-refractivity contribution in [3.8, 4) is 0 Å². The van der Waals surface area contributed by atoms with Crippen LogP contribution in [0.5, 0.6) is 0 Å². The molecule has 1 N–H and O–H groups in total. The second-order valence-electron chi connectivity index (χ2n) is 0.491. The summed E-state index contributed by atoms with van der Waals surface area (Å²) in [6, 6.07) is 0. The fourth-order valence-corrected chi connectivity index (χ4v) is 0. The van der Waals surface area contributed by atoms with Crippen LogP contribution in [0.2, 0.25) is 0 Å². The third-order valence-corrected chi connectivity index (χ3v) is 0.239. The molecule has 40 valence electrons. The van der Waals surface area contributed by atoms with Crippen LogP contribution in [0.25, 0.3) is 0 Å². The molecule has 0 heterocycles. The van der Waals surface area contributed by atoms with Crippen LogP contribution >= 0.6 is 0 Å². The SMILES string of the molecule is O=S(=O)(O)OF.[NaH]. The van der Waals surface area contributed by atoms with Gasteiger partial charge in [-0.1, -0.05) is 0 Å². The number of halogens is 1. The van der Waals surface area contributed by atoms with E-state index in [1.807, 2.05) is 4.39 Å². The third kappa shape index (κ3) is 10.8. The fraction of sp³-hybridized carbons (Fsp3) is 0. The fourth-order valence-electron chi connectivity index (χ4n) is 0. The first kappa shape index (κ1) is 10.7. The van der Waals surface area contributed by atoms with Gasteiger partial charge in [-0.05, 0) is 8.91 Å². The number of hydrogen-bond acceptors (Lipinski definition) is 3. The van der Waals surface area contributed by atoms with Gasteiger partial charge in [-0.25, -0.2) is 0 Å². The summed E-state index contributed by atoms with van der Waals surface area (Å²) in [6.07, 6.45) is 0. The van der Waals surface area contributed by atoms with Crippen molar-refractivity contribution < 1.29 is 21.9 Å². The molecule has 0 unspecified atom stereocenters. The van der Waals surface area contributed by atoms with E-state index in [0.717, 1.165) is 0 Å². The molecule has 0 aliphatic rings. The summed E-state index contributed by atoms with van der Waals surface area (Å²) in [5, 5.41) is 0. The molecule has 7 heavy (non-hydrogen) atoms. The van der Waals surface area contributed by atoms with E-state index in [1.165, 1.54) is 0 Å². The van der Waals surface area contributed by atoms with Gasteiger partial charge in [0.05, 0.1) is 0 Å². The van der Waals surface area contributed by atoms with E-state index < -0.39 is 10.4 Å². The molecule has 7 heteroatoms. The van der Waals surface area contributed by atoms with E-state index in [9.17, 15) is 4.53 Å². The second kappa shape index (κ2) is 3.76. The van der Waals surface area contributed by atoms with Crippen molar-refractivity contribution in [3.05, 3.63) is 0 Å². The Balaban J connectivity index is 0. The van der Waals surface area contributed by atoms with Crippen LogP contribution in [0.15, 0.2) is 0 Å². The molecule has 0 saturated heterocycles. The summed E-state index contributed by atoms with van der Waals surface area (Å²) in [4.78, 5) is 0. The summed E-state index contributed by atoms with van der Waals surface area (Å²) in [7, 11) is -4.83. The molecule has 0 spiro atoms. The van der Waals surface area contributed by atoms with E-state index in [4.69, 9.17) is 13.0 Å². The van der Waals surface area contributed by atoms with E-state index in [1.54, 1.807) is 0 Å². The van der Waals surface area contributed by atoms with Gasteiger partial charge in [0, 0.05) is 0 Å². The molecule has 0 fully saturated rings. The molecule has 0 atom stereocenters. The summed E-state index contributed by atoms with van der Waals surface area (Å²) in [6.45, 7) is 0. The number of rotatable bonds is 1. The van der Waals surface area contributed by atoms with E-state index in [-0.39, 0.29) is 29.6 Å². The molecule has 0 rings (SSSR count). The molecule has 4 nitrogen and oxygen atoms in total. The van der Waals surface area contributed by atoms with Crippen molar-refractivity contribution >= 4 is 40.0 Å². The summed E-state index contributed by atoms with van der Waals surface area (Å²) < 4.78 is 37.2. The Morgan fingerprint density at radius 2 is 1.71 bits per heavy atom. The van der Waals surface area contributed by atoms with E-state index in [0.29, 0.717) is 0 Å². The van der Waals surface area contributed by atoms with Gasteiger partial charge in [0.15, 0.2) is 0 Å². The normalized spacial score (nSPS) is 10.0. The van der Waals surface area contributed by atoms with E-state index in [2.05, 4.69) is 0 Å². The Morgan fingerprint density at radius 1 is 1.57 bits per heavy atom. The Labute approximate surface area is 61.8 Å². The summed E-state index contributed by atoms with van der Waals surface area (Å²) in [5.74, 6) is 0. The molecule has 0 radical (unpaired) electrons. The molecule has 0 aromatic heterocycles. The molecule has 0 aromatic carbocycles. The first-order valence-electron chi connectivity index (χ1n) is 0.837. The first-order chi connectivity index (χ1) is 2.56. The molecule has 0 aromatic rings. The maximum atomic E-state index is 10.2. The Bertz CT molecular complexity index is 114. The summed E-state index contributed by atoms with van der Waals surface area (Å²) >= 11 is 0. The van der Waals surface area contributed by atoms with Crippen molar-refractivity contribution in [3.63, 3.8) is 0 Å². The van der Waals surface area contributed by atoms with Crippen molar-refractivity contribution in [1.82, 2.24) is 0 Å². The quantitative estimate of drug-likeness (QED) is 0.376. The second-order valence-corrected chi connectivity index (χ2v) is 1.47. The zero-order chi connectivity index (χ0) is 5.21.